The molecule has 0 fully saturated rings. The van der Waals surface area contributed by atoms with Crippen LogP contribution >= 0.6 is 0 Å². The molecule has 3 N–H and O–H groups in total. The minimum Gasteiger partial charge on any atom is -0.494 e. The van der Waals surface area contributed by atoms with Gasteiger partial charge in [0.15, 0.2) is 0 Å². The van der Waals surface area contributed by atoms with E-state index in [1.807, 2.05) is 18.2 Å². The number of benzene rings is 3. The molecular formula is C23H19BFN5O3. The van der Waals surface area contributed by atoms with Crippen LogP contribution in [0, 0.1) is 5.82 Å². The summed E-state index contributed by atoms with van der Waals surface area (Å²) >= 11 is 0. The molecule has 0 radical (unpaired) electrons. The van der Waals surface area contributed by atoms with Gasteiger partial charge in [-0.3, -0.25) is 0 Å². The number of rotatable bonds is 6. The van der Waals surface area contributed by atoms with Crippen molar-refractivity contribution >= 4 is 40.2 Å². The van der Waals surface area contributed by atoms with E-state index in [0.29, 0.717) is 40.0 Å². The number of nitrogens with zero attached hydrogens (tertiary/aromatic N) is 4. The Morgan fingerprint density at radius 1 is 1.03 bits per heavy atom. The fourth-order valence-electron chi connectivity index (χ4n) is 3.80. The third kappa shape index (κ3) is 3.86. The lowest BCUT2D eigenvalue weighted by Crippen LogP contribution is -2.30. The quantitative estimate of drug-likeness (QED) is 0.346. The monoisotopic (exact) mass is 443 g/mol. The molecule has 0 atom stereocenters. The van der Waals surface area contributed by atoms with Crippen molar-refractivity contribution in [1.82, 2.24) is 19.7 Å². The summed E-state index contributed by atoms with van der Waals surface area (Å²) in [6.45, 7) is 0.348. The molecule has 3 aromatic carbocycles. The zero-order valence-corrected chi connectivity index (χ0v) is 17.6. The first kappa shape index (κ1) is 20.9. The largest absolute Gasteiger partial charge is 0.494 e. The Bertz CT molecular complexity index is 1470. The highest BCUT2D eigenvalue weighted by Gasteiger charge is 2.19. The summed E-state index contributed by atoms with van der Waals surface area (Å²) < 4.78 is 20.7. The Morgan fingerprint density at radius 3 is 2.64 bits per heavy atom. The van der Waals surface area contributed by atoms with Crippen molar-refractivity contribution in [3.63, 3.8) is 0 Å². The molecule has 0 amide bonds. The molecule has 0 aliphatic heterocycles. The van der Waals surface area contributed by atoms with E-state index < -0.39 is 7.12 Å². The maximum absolute atomic E-state index is 13.6. The van der Waals surface area contributed by atoms with Gasteiger partial charge in [-0.25, -0.2) is 9.37 Å². The molecule has 0 saturated carbocycles. The first-order valence-electron chi connectivity index (χ1n) is 10.2. The van der Waals surface area contributed by atoms with Gasteiger partial charge in [0.1, 0.15) is 22.9 Å². The minimum absolute atomic E-state index is 0.272. The van der Waals surface area contributed by atoms with Crippen LogP contribution in [0.4, 0.5) is 10.2 Å². The smallest absolute Gasteiger partial charge is 0.489 e. The zero-order valence-electron chi connectivity index (χ0n) is 17.6. The molecule has 0 aliphatic rings. The Hall–Kier alpha value is -4.02. The fraction of sp³-hybridized carbons (Fsp3) is 0.0870. The van der Waals surface area contributed by atoms with E-state index in [-0.39, 0.29) is 11.8 Å². The van der Waals surface area contributed by atoms with E-state index in [9.17, 15) is 14.4 Å². The molecule has 0 unspecified atom stereocenters. The predicted octanol–water partition coefficient (Wildman–Crippen LogP) is 2.41. The minimum atomic E-state index is -1.63. The van der Waals surface area contributed by atoms with Crippen LogP contribution in [0.3, 0.4) is 0 Å². The van der Waals surface area contributed by atoms with Crippen molar-refractivity contribution in [1.29, 1.82) is 0 Å². The normalized spacial score (nSPS) is 11.2. The summed E-state index contributed by atoms with van der Waals surface area (Å²) in [7, 11) is -0.0679. The highest BCUT2D eigenvalue weighted by atomic mass is 19.1. The average Bonchev–Trinajstić information content (AvgIpc) is 3.26. The summed E-state index contributed by atoms with van der Waals surface area (Å²) in [6.07, 6.45) is 1.54. The van der Waals surface area contributed by atoms with E-state index in [1.165, 1.54) is 16.8 Å². The van der Waals surface area contributed by atoms with Crippen molar-refractivity contribution in [3.8, 4) is 11.7 Å². The van der Waals surface area contributed by atoms with Crippen LogP contribution in [-0.2, 0) is 6.54 Å². The predicted molar refractivity (Wildman–Crippen MR) is 124 cm³/mol. The van der Waals surface area contributed by atoms with E-state index in [0.717, 1.165) is 10.9 Å². The number of halogens is 1. The Labute approximate surface area is 188 Å². The number of ether oxygens (including phenoxy) is 1. The Kier molecular flexibility index (Phi) is 5.37. The Morgan fingerprint density at radius 2 is 1.85 bits per heavy atom. The van der Waals surface area contributed by atoms with E-state index in [1.54, 1.807) is 43.6 Å². The molecule has 5 rings (SSSR count). The van der Waals surface area contributed by atoms with Gasteiger partial charge in [-0.1, -0.05) is 30.3 Å². The molecule has 10 heteroatoms. The van der Waals surface area contributed by atoms with Gasteiger partial charge in [0, 0.05) is 17.3 Å². The summed E-state index contributed by atoms with van der Waals surface area (Å²) in [5, 5.41) is 28.3. The van der Waals surface area contributed by atoms with Gasteiger partial charge in [-0.2, -0.15) is 14.8 Å². The highest BCUT2D eigenvalue weighted by Crippen LogP contribution is 2.30. The molecule has 8 nitrogen and oxygen atoms in total. The average molecular weight is 443 g/mol. The number of methoxy groups -OCH3 is 1. The highest BCUT2D eigenvalue weighted by molar-refractivity contribution is 6.61. The SMILES string of the molecule is COc1cccc2c(NCc3cccc(F)c3)nc(-n3ncc4c(B(O)O)cccc43)nc12. The van der Waals surface area contributed by atoms with Gasteiger partial charge in [0.05, 0.1) is 18.8 Å². The standard InChI is InChI=1S/C23H19BFN5O3/c1-33-20-10-3-7-16-21(20)28-23(29-22(16)26-12-14-5-2-6-15(25)11-14)30-19-9-4-8-18(24(31)32)17(19)13-27-30/h2-11,13,31-32H,12H2,1H3,(H,26,28,29). The summed E-state index contributed by atoms with van der Waals surface area (Å²) in [4.78, 5) is 9.37. The number of para-hydroxylation sites is 1. The van der Waals surface area contributed by atoms with Crippen LogP contribution in [0.2, 0.25) is 0 Å². The molecule has 164 valence electrons. The third-order valence-electron chi connectivity index (χ3n) is 5.36. The molecular weight excluding hydrogens is 424 g/mol. The van der Waals surface area contributed by atoms with Crippen molar-refractivity contribution in [3.05, 3.63) is 78.2 Å². The van der Waals surface area contributed by atoms with Crippen LogP contribution in [0.1, 0.15) is 5.56 Å². The van der Waals surface area contributed by atoms with Crippen LogP contribution in [0.5, 0.6) is 5.75 Å². The van der Waals surface area contributed by atoms with E-state index in [2.05, 4.69) is 20.4 Å². The number of aromatic nitrogens is 4. The van der Waals surface area contributed by atoms with Gasteiger partial charge in [-0.05, 0) is 41.4 Å². The molecule has 0 saturated heterocycles. The first-order valence-corrected chi connectivity index (χ1v) is 10.2. The van der Waals surface area contributed by atoms with Crippen molar-refractivity contribution in [2.75, 3.05) is 12.4 Å². The van der Waals surface area contributed by atoms with Crippen LogP contribution < -0.4 is 15.5 Å². The number of hydrogen-bond donors (Lipinski definition) is 3. The zero-order chi connectivity index (χ0) is 22.9. The molecule has 0 aliphatic carbocycles. The molecule has 2 aromatic heterocycles. The lowest BCUT2D eigenvalue weighted by molar-refractivity contribution is 0.419. The summed E-state index contributed by atoms with van der Waals surface area (Å²) in [6, 6.07) is 17.0. The van der Waals surface area contributed by atoms with E-state index >= 15 is 0 Å². The number of nitrogens with one attached hydrogen (secondary N) is 1. The van der Waals surface area contributed by atoms with Crippen LogP contribution in [-0.4, -0.2) is 44.0 Å². The van der Waals surface area contributed by atoms with Gasteiger partial charge in [-0.15, -0.1) is 0 Å². The number of hydrogen-bond acceptors (Lipinski definition) is 7. The van der Waals surface area contributed by atoms with Crippen molar-refractivity contribution in [2.24, 2.45) is 0 Å². The van der Waals surface area contributed by atoms with Crippen LogP contribution in [0.15, 0.2) is 66.9 Å². The lowest BCUT2D eigenvalue weighted by Gasteiger charge is -2.13. The maximum atomic E-state index is 13.6. The van der Waals surface area contributed by atoms with Crippen LogP contribution in [0.25, 0.3) is 27.8 Å². The van der Waals surface area contributed by atoms with Gasteiger partial charge in [0.2, 0.25) is 0 Å². The van der Waals surface area contributed by atoms with Crippen molar-refractivity contribution in [2.45, 2.75) is 6.54 Å². The summed E-state index contributed by atoms with van der Waals surface area (Å²) in [5.41, 5.74) is 2.29. The molecule has 0 bridgehead atoms. The fourth-order valence-corrected chi connectivity index (χ4v) is 3.80. The molecule has 33 heavy (non-hydrogen) atoms. The van der Waals surface area contributed by atoms with E-state index in [4.69, 9.17) is 4.74 Å². The second-order valence-electron chi connectivity index (χ2n) is 7.42. The molecule has 5 aromatic rings. The third-order valence-corrected chi connectivity index (χ3v) is 5.36. The Balaban J connectivity index is 1.66. The second kappa shape index (κ2) is 8.49. The number of anilines is 1. The van der Waals surface area contributed by atoms with Gasteiger partial charge >= 0.3 is 7.12 Å². The summed E-state index contributed by atoms with van der Waals surface area (Å²) in [5.74, 6) is 1.05. The van der Waals surface area contributed by atoms with Crippen molar-refractivity contribution < 1.29 is 19.2 Å². The maximum Gasteiger partial charge on any atom is 0.489 e. The molecule has 0 spiro atoms. The number of fused-ring (bicyclic) bond motifs is 2. The molecule has 2 heterocycles. The topological polar surface area (TPSA) is 105 Å². The first-order chi connectivity index (χ1) is 16.0. The second-order valence-corrected chi connectivity index (χ2v) is 7.42. The van der Waals surface area contributed by atoms with Gasteiger partial charge in [0.25, 0.3) is 5.95 Å². The lowest BCUT2D eigenvalue weighted by atomic mass is 9.78. The van der Waals surface area contributed by atoms with Gasteiger partial charge < -0.3 is 20.1 Å².